The normalized spacial score (nSPS) is 11.8. The molecule has 0 aliphatic heterocycles. The van der Waals surface area contributed by atoms with Crippen molar-refractivity contribution in [1.82, 2.24) is 19.5 Å². The van der Waals surface area contributed by atoms with E-state index < -0.39 is 6.04 Å². The van der Waals surface area contributed by atoms with E-state index in [9.17, 15) is 14.9 Å². The van der Waals surface area contributed by atoms with Gasteiger partial charge >= 0.3 is 0 Å². The summed E-state index contributed by atoms with van der Waals surface area (Å²) < 4.78 is 1.61. The van der Waals surface area contributed by atoms with Crippen molar-refractivity contribution in [2.75, 3.05) is 5.32 Å². The van der Waals surface area contributed by atoms with E-state index in [0.717, 1.165) is 16.7 Å². The van der Waals surface area contributed by atoms with Crippen molar-refractivity contribution in [3.05, 3.63) is 128 Å². The fourth-order valence-corrected chi connectivity index (χ4v) is 5.62. The van der Waals surface area contributed by atoms with E-state index in [1.165, 1.54) is 18.6 Å². The first-order chi connectivity index (χ1) is 20.0. The summed E-state index contributed by atoms with van der Waals surface area (Å²) in [4.78, 5) is 38.6. The number of para-hydroxylation sites is 1. The molecule has 2 N–H and O–H groups in total. The maximum Gasteiger partial charge on any atom is 0.263 e. The molecular weight excluding hydrogens is 536 g/mol. The van der Waals surface area contributed by atoms with Crippen LogP contribution < -0.4 is 16.3 Å². The van der Waals surface area contributed by atoms with Crippen molar-refractivity contribution in [3.8, 4) is 22.9 Å². The molecule has 6 aromatic rings. The predicted molar refractivity (Wildman–Crippen MR) is 162 cm³/mol. The highest BCUT2D eigenvalue weighted by molar-refractivity contribution is 6.36. The molecular formula is C32H23ClN6O2. The number of pyridine rings is 2. The summed E-state index contributed by atoms with van der Waals surface area (Å²) in [5, 5.41) is 14.3. The molecule has 0 radical (unpaired) electrons. The minimum Gasteiger partial charge on any atom is -0.361 e. The lowest BCUT2D eigenvalue weighted by Gasteiger charge is -2.24. The van der Waals surface area contributed by atoms with Crippen LogP contribution >= 0.6 is 11.6 Å². The topological polar surface area (TPSA) is 116 Å². The third-order valence-electron chi connectivity index (χ3n) is 7.03. The average molecular weight is 559 g/mol. The lowest BCUT2D eigenvalue weighted by molar-refractivity contribution is 0.774. The number of nitrogens with one attached hydrogen (secondary N) is 2. The molecule has 0 aliphatic rings. The number of hydrogen-bond acceptors (Lipinski definition) is 6. The third kappa shape index (κ3) is 4.62. The summed E-state index contributed by atoms with van der Waals surface area (Å²) >= 11 is 7.18. The fraction of sp³-hybridized carbons (Fsp3) is 0.0938. The number of benzene rings is 3. The summed E-state index contributed by atoms with van der Waals surface area (Å²) in [6.07, 6.45) is 3.17. The average Bonchev–Trinajstić information content (AvgIpc) is 2.99. The summed E-state index contributed by atoms with van der Waals surface area (Å²) in [6, 6.07) is 25.6. The maximum atomic E-state index is 14.5. The Hall–Kier alpha value is -5.26. The first-order valence-electron chi connectivity index (χ1n) is 13.0. The van der Waals surface area contributed by atoms with Crippen LogP contribution in [0.4, 0.5) is 5.82 Å². The van der Waals surface area contributed by atoms with Gasteiger partial charge in [-0.15, -0.1) is 0 Å². The molecule has 8 nitrogen and oxygen atoms in total. The molecule has 0 bridgehead atoms. The Balaban J connectivity index is 1.61. The van der Waals surface area contributed by atoms with Crippen molar-refractivity contribution < 1.29 is 0 Å². The number of anilines is 1. The fourth-order valence-electron chi connectivity index (χ4n) is 5.21. The Morgan fingerprint density at radius 3 is 2.61 bits per heavy atom. The van der Waals surface area contributed by atoms with E-state index in [4.69, 9.17) is 11.6 Å². The van der Waals surface area contributed by atoms with Gasteiger partial charge in [-0.3, -0.25) is 14.2 Å². The molecule has 0 spiro atoms. The SMILES string of the molecule is C[C@H](Nc1ncnc2[nH]ccc(=O)c12)c1c(Cl)c2cccc(-c3cccc(CC#N)c3)c2c(=O)n1-c1ccccc1. The van der Waals surface area contributed by atoms with Crippen LogP contribution in [0.1, 0.15) is 24.2 Å². The Kier molecular flexibility index (Phi) is 6.79. The zero-order chi connectivity index (χ0) is 28.5. The van der Waals surface area contributed by atoms with Crippen molar-refractivity contribution >= 4 is 39.2 Å². The number of nitrogens with zero attached hydrogens (tertiary/aromatic N) is 4. The van der Waals surface area contributed by atoms with Crippen molar-refractivity contribution in [2.45, 2.75) is 19.4 Å². The number of aromatic amines is 1. The van der Waals surface area contributed by atoms with Crippen molar-refractivity contribution in [3.63, 3.8) is 0 Å². The number of H-pyrrole nitrogens is 1. The van der Waals surface area contributed by atoms with Gasteiger partial charge in [0.1, 0.15) is 23.2 Å². The number of aromatic nitrogens is 4. The second-order valence-electron chi connectivity index (χ2n) is 9.59. The van der Waals surface area contributed by atoms with Crippen LogP contribution in [0.15, 0.2) is 101 Å². The molecule has 0 fully saturated rings. The maximum absolute atomic E-state index is 14.5. The number of nitriles is 1. The lowest BCUT2D eigenvalue weighted by atomic mass is 9.96. The van der Waals surface area contributed by atoms with Gasteiger partial charge in [0.05, 0.1) is 34.6 Å². The third-order valence-corrected chi connectivity index (χ3v) is 7.43. The van der Waals surface area contributed by atoms with E-state index in [0.29, 0.717) is 44.0 Å². The smallest absolute Gasteiger partial charge is 0.263 e. The molecule has 3 heterocycles. The molecule has 0 aliphatic carbocycles. The summed E-state index contributed by atoms with van der Waals surface area (Å²) in [5.41, 5.74) is 3.48. The van der Waals surface area contributed by atoms with Crippen LogP contribution in [-0.2, 0) is 6.42 Å². The van der Waals surface area contributed by atoms with E-state index >= 15 is 0 Å². The molecule has 200 valence electrons. The molecule has 6 rings (SSSR count). The highest BCUT2D eigenvalue weighted by Crippen LogP contribution is 2.36. The van der Waals surface area contributed by atoms with Gasteiger partial charge in [-0.1, -0.05) is 72.3 Å². The van der Waals surface area contributed by atoms with Crippen molar-refractivity contribution in [2.24, 2.45) is 0 Å². The Morgan fingerprint density at radius 2 is 1.80 bits per heavy atom. The van der Waals surface area contributed by atoms with Crippen LogP contribution in [0, 0.1) is 11.3 Å². The minimum atomic E-state index is -0.542. The van der Waals surface area contributed by atoms with E-state index in [-0.39, 0.29) is 17.4 Å². The molecule has 0 amide bonds. The predicted octanol–water partition coefficient (Wildman–Crippen LogP) is 6.18. The molecule has 9 heteroatoms. The summed E-state index contributed by atoms with van der Waals surface area (Å²) in [7, 11) is 0. The Morgan fingerprint density at radius 1 is 1.00 bits per heavy atom. The van der Waals surface area contributed by atoms with Gasteiger partial charge in [0, 0.05) is 23.3 Å². The first kappa shape index (κ1) is 26.0. The second kappa shape index (κ2) is 10.7. The van der Waals surface area contributed by atoms with Crippen LogP contribution in [0.3, 0.4) is 0 Å². The number of halogens is 1. The molecule has 3 aromatic carbocycles. The molecule has 41 heavy (non-hydrogen) atoms. The van der Waals surface area contributed by atoms with Gasteiger partial charge in [-0.05, 0) is 35.7 Å². The number of fused-ring (bicyclic) bond motifs is 2. The summed E-state index contributed by atoms with van der Waals surface area (Å²) in [6.45, 7) is 1.87. The number of hydrogen-bond donors (Lipinski definition) is 2. The van der Waals surface area contributed by atoms with Gasteiger partial charge in [0.2, 0.25) is 0 Å². The van der Waals surface area contributed by atoms with Gasteiger partial charge in [0.25, 0.3) is 5.56 Å². The molecule has 1 atom stereocenters. The molecule has 0 unspecified atom stereocenters. The Labute approximate surface area is 239 Å². The van der Waals surface area contributed by atoms with E-state index in [2.05, 4.69) is 26.3 Å². The molecule has 0 saturated carbocycles. The highest BCUT2D eigenvalue weighted by Gasteiger charge is 2.24. The minimum absolute atomic E-state index is 0.234. The second-order valence-corrected chi connectivity index (χ2v) is 9.97. The van der Waals surface area contributed by atoms with E-state index in [1.54, 1.807) is 4.57 Å². The summed E-state index contributed by atoms with van der Waals surface area (Å²) in [5.74, 6) is 0.329. The zero-order valence-electron chi connectivity index (χ0n) is 21.9. The number of rotatable bonds is 6. The monoisotopic (exact) mass is 558 g/mol. The lowest BCUT2D eigenvalue weighted by Crippen LogP contribution is -2.27. The Bertz CT molecular complexity index is 2090. The molecule has 0 saturated heterocycles. The van der Waals surface area contributed by atoms with Gasteiger partial charge in [-0.25, -0.2) is 9.97 Å². The van der Waals surface area contributed by atoms with Crippen LogP contribution in [0.5, 0.6) is 0 Å². The largest absolute Gasteiger partial charge is 0.361 e. The van der Waals surface area contributed by atoms with Crippen LogP contribution in [-0.4, -0.2) is 19.5 Å². The first-order valence-corrected chi connectivity index (χ1v) is 13.3. The van der Waals surface area contributed by atoms with Gasteiger partial charge in [-0.2, -0.15) is 5.26 Å². The van der Waals surface area contributed by atoms with Crippen LogP contribution in [0.25, 0.3) is 38.6 Å². The quantitative estimate of drug-likeness (QED) is 0.252. The standard InChI is InChI=1S/C32H23ClN6O2/c1-19(38-31-27-25(40)14-16-35-30(27)36-18-37-31)29-28(33)24-12-6-11-23(21-8-5-7-20(17-21)13-15-34)26(24)32(41)39(29)22-9-3-2-4-10-22/h2-12,14,16-19H,13H2,1H3,(H2,35,36,37,38,40)/t19-/m0/s1. The van der Waals surface area contributed by atoms with Crippen molar-refractivity contribution in [1.29, 1.82) is 5.26 Å². The van der Waals surface area contributed by atoms with E-state index in [1.807, 2.05) is 79.7 Å². The zero-order valence-corrected chi connectivity index (χ0v) is 22.7. The van der Waals surface area contributed by atoms with Gasteiger partial charge < -0.3 is 10.3 Å². The van der Waals surface area contributed by atoms with Crippen LogP contribution in [0.2, 0.25) is 5.02 Å². The molecule has 3 aromatic heterocycles. The van der Waals surface area contributed by atoms with Gasteiger partial charge in [0.15, 0.2) is 5.43 Å². The highest BCUT2D eigenvalue weighted by atomic mass is 35.5.